The zero-order valence-corrected chi connectivity index (χ0v) is 15.3. The highest BCUT2D eigenvalue weighted by molar-refractivity contribution is 5.42. The van der Waals surface area contributed by atoms with Crippen LogP contribution in [0.5, 0.6) is 5.75 Å². The van der Waals surface area contributed by atoms with Gasteiger partial charge >= 0.3 is 0 Å². The number of aryl methyl sites for hydroxylation is 1. The molecule has 0 atom stereocenters. The third-order valence-corrected chi connectivity index (χ3v) is 4.39. The van der Waals surface area contributed by atoms with E-state index in [1.165, 1.54) is 56.9 Å². The number of aromatic hydroxyl groups is 1. The van der Waals surface area contributed by atoms with Crippen LogP contribution in [0.1, 0.15) is 63.9 Å². The first kappa shape index (κ1) is 19.2. The molecule has 0 aromatic heterocycles. The molecule has 0 aliphatic rings. The van der Waals surface area contributed by atoms with E-state index in [4.69, 9.17) is 0 Å². The highest BCUT2D eigenvalue weighted by atomic mass is 16.3. The molecule has 0 radical (unpaired) electrons. The molecule has 134 valence electrons. The molecule has 0 saturated heterocycles. The van der Waals surface area contributed by atoms with Gasteiger partial charge in [0.15, 0.2) is 0 Å². The molecule has 0 aliphatic carbocycles. The number of benzene rings is 2. The molecule has 0 aliphatic heterocycles. The van der Waals surface area contributed by atoms with Gasteiger partial charge in [-0.1, -0.05) is 64.0 Å². The second-order valence-electron chi connectivity index (χ2n) is 6.61. The number of azo groups is 1. The molecule has 3 nitrogen and oxygen atoms in total. The van der Waals surface area contributed by atoms with E-state index in [1.807, 2.05) is 12.1 Å². The lowest BCUT2D eigenvalue weighted by Gasteiger charge is -2.03. The molecule has 1 N–H and O–H groups in total. The van der Waals surface area contributed by atoms with Crippen LogP contribution in [0.3, 0.4) is 0 Å². The summed E-state index contributed by atoms with van der Waals surface area (Å²) in [4.78, 5) is 0. The number of nitrogens with zero attached hydrogens (tertiary/aromatic N) is 2. The topological polar surface area (TPSA) is 45.0 Å². The number of phenolic OH excluding ortho intramolecular Hbond substituents is 1. The molecule has 0 saturated carbocycles. The average Bonchev–Trinajstić information content (AvgIpc) is 2.64. The lowest BCUT2D eigenvalue weighted by Crippen LogP contribution is -1.86. The van der Waals surface area contributed by atoms with Gasteiger partial charge in [0, 0.05) is 0 Å². The molecule has 2 aromatic rings. The summed E-state index contributed by atoms with van der Waals surface area (Å²) in [7, 11) is 0. The van der Waals surface area contributed by atoms with E-state index in [0.717, 1.165) is 17.8 Å². The summed E-state index contributed by atoms with van der Waals surface area (Å²) in [5, 5.41) is 17.7. The molecule has 2 rings (SSSR count). The Morgan fingerprint density at radius 2 is 1.12 bits per heavy atom. The fourth-order valence-electron chi connectivity index (χ4n) is 2.83. The molecule has 0 amide bonds. The lowest BCUT2D eigenvalue weighted by molar-refractivity contribution is 0.475. The Morgan fingerprint density at radius 1 is 0.640 bits per heavy atom. The Bertz CT molecular complexity index is 617. The molecule has 3 heteroatoms. The molecule has 0 heterocycles. The molecule has 2 aromatic carbocycles. The zero-order valence-electron chi connectivity index (χ0n) is 15.3. The SMILES string of the molecule is CCCCCCCCCCc1ccc(N=Nc2ccc(O)cc2)cc1. The van der Waals surface area contributed by atoms with E-state index in [9.17, 15) is 5.11 Å². The molecule has 25 heavy (non-hydrogen) atoms. The Hall–Kier alpha value is -2.16. The van der Waals surface area contributed by atoms with Crippen LogP contribution in [0, 0.1) is 0 Å². The number of unbranched alkanes of at least 4 members (excludes halogenated alkanes) is 7. The predicted octanol–water partition coefficient (Wildman–Crippen LogP) is 7.49. The summed E-state index contributed by atoms with van der Waals surface area (Å²) < 4.78 is 0. The van der Waals surface area contributed by atoms with Gasteiger partial charge in [-0.15, -0.1) is 0 Å². The predicted molar refractivity (Wildman–Crippen MR) is 105 cm³/mol. The maximum atomic E-state index is 9.25. The Balaban J connectivity index is 1.66. The van der Waals surface area contributed by atoms with Crippen molar-refractivity contribution in [1.29, 1.82) is 0 Å². The number of rotatable bonds is 11. The molecular weight excluding hydrogens is 308 g/mol. The van der Waals surface area contributed by atoms with Gasteiger partial charge < -0.3 is 5.11 Å². The summed E-state index contributed by atoms with van der Waals surface area (Å²) in [6.07, 6.45) is 12.0. The van der Waals surface area contributed by atoms with Crippen molar-refractivity contribution in [3.05, 3.63) is 54.1 Å². The van der Waals surface area contributed by atoms with Crippen LogP contribution in [-0.4, -0.2) is 5.11 Å². The van der Waals surface area contributed by atoms with Crippen molar-refractivity contribution in [3.63, 3.8) is 0 Å². The van der Waals surface area contributed by atoms with Gasteiger partial charge in [0.2, 0.25) is 0 Å². The molecular formula is C22H30N2O. The van der Waals surface area contributed by atoms with Gasteiger partial charge in [-0.2, -0.15) is 10.2 Å². The molecule has 0 fully saturated rings. The van der Waals surface area contributed by atoms with Gasteiger partial charge in [0.25, 0.3) is 0 Å². The second kappa shape index (κ2) is 11.4. The van der Waals surface area contributed by atoms with Gasteiger partial charge in [0.1, 0.15) is 5.75 Å². The number of phenols is 1. The fraction of sp³-hybridized carbons (Fsp3) is 0.455. The van der Waals surface area contributed by atoms with Crippen LogP contribution >= 0.6 is 0 Å². The minimum atomic E-state index is 0.240. The van der Waals surface area contributed by atoms with Crippen molar-refractivity contribution in [1.82, 2.24) is 0 Å². The van der Waals surface area contributed by atoms with Gasteiger partial charge in [-0.05, 0) is 54.8 Å². The van der Waals surface area contributed by atoms with Crippen LogP contribution < -0.4 is 0 Å². The average molecular weight is 338 g/mol. The summed E-state index contributed by atoms with van der Waals surface area (Å²) >= 11 is 0. The van der Waals surface area contributed by atoms with E-state index in [1.54, 1.807) is 24.3 Å². The standard InChI is InChI=1S/C22H30N2O/c1-2-3-4-5-6-7-8-9-10-19-11-13-20(14-12-19)23-24-21-15-17-22(25)18-16-21/h11-18,25H,2-10H2,1H3. The summed E-state index contributed by atoms with van der Waals surface area (Å²) in [5.74, 6) is 0.240. The first-order chi connectivity index (χ1) is 12.3. The molecule has 0 bridgehead atoms. The van der Waals surface area contributed by atoms with Crippen molar-refractivity contribution in [2.45, 2.75) is 64.7 Å². The third kappa shape index (κ3) is 7.97. The summed E-state index contributed by atoms with van der Waals surface area (Å²) in [6.45, 7) is 2.26. The normalized spacial score (nSPS) is 11.2. The van der Waals surface area contributed by atoms with E-state index in [-0.39, 0.29) is 5.75 Å². The van der Waals surface area contributed by atoms with Crippen LogP contribution in [-0.2, 0) is 6.42 Å². The fourth-order valence-corrected chi connectivity index (χ4v) is 2.83. The van der Waals surface area contributed by atoms with E-state index in [0.29, 0.717) is 0 Å². The summed E-state index contributed by atoms with van der Waals surface area (Å²) in [6, 6.07) is 15.0. The maximum Gasteiger partial charge on any atom is 0.115 e. The van der Waals surface area contributed by atoms with Crippen LogP contribution in [0.25, 0.3) is 0 Å². The highest BCUT2D eigenvalue weighted by Gasteiger charge is 1.96. The van der Waals surface area contributed by atoms with Gasteiger partial charge in [0.05, 0.1) is 11.4 Å². The lowest BCUT2D eigenvalue weighted by atomic mass is 10.0. The summed E-state index contributed by atoms with van der Waals surface area (Å²) in [5.41, 5.74) is 2.96. The number of hydrogen-bond donors (Lipinski definition) is 1. The monoisotopic (exact) mass is 338 g/mol. The van der Waals surface area contributed by atoms with Crippen molar-refractivity contribution in [2.75, 3.05) is 0 Å². The van der Waals surface area contributed by atoms with Gasteiger partial charge in [-0.3, -0.25) is 0 Å². The maximum absolute atomic E-state index is 9.25. The smallest absolute Gasteiger partial charge is 0.115 e. The largest absolute Gasteiger partial charge is 0.508 e. The van der Waals surface area contributed by atoms with E-state index in [2.05, 4.69) is 29.3 Å². The van der Waals surface area contributed by atoms with Crippen molar-refractivity contribution in [2.24, 2.45) is 10.2 Å². The number of hydrogen-bond acceptors (Lipinski definition) is 3. The van der Waals surface area contributed by atoms with Crippen molar-refractivity contribution in [3.8, 4) is 5.75 Å². The van der Waals surface area contributed by atoms with Crippen molar-refractivity contribution < 1.29 is 5.11 Å². The first-order valence-electron chi connectivity index (χ1n) is 9.57. The van der Waals surface area contributed by atoms with E-state index < -0.39 is 0 Å². The minimum absolute atomic E-state index is 0.240. The minimum Gasteiger partial charge on any atom is -0.508 e. The van der Waals surface area contributed by atoms with Crippen LogP contribution in [0.2, 0.25) is 0 Å². The van der Waals surface area contributed by atoms with Crippen molar-refractivity contribution >= 4 is 11.4 Å². The van der Waals surface area contributed by atoms with E-state index >= 15 is 0 Å². The van der Waals surface area contributed by atoms with Crippen LogP contribution in [0.4, 0.5) is 11.4 Å². The highest BCUT2D eigenvalue weighted by Crippen LogP contribution is 2.21. The second-order valence-corrected chi connectivity index (χ2v) is 6.61. The molecule has 0 unspecified atom stereocenters. The quantitative estimate of drug-likeness (QED) is 0.335. The Labute approximate surface area is 151 Å². The zero-order chi connectivity index (χ0) is 17.7. The first-order valence-corrected chi connectivity index (χ1v) is 9.57. The van der Waals surface area contributed by atoms with Crippen LogP contribution in [0.15, 0.2) is 58.8 Å². The molecule has 0 spiro atoms. The Morgan fingerprint density at radius 3 is 1.68 bits per heavy atom. The third-order valence-electron chi connectivity index (χ3n) is 4.39. The Kier molecular flexibility index (Phi) is 8.74. The van der Waals surface area contributed by atoms with Gasteiger partial charge in [-0.25, -0.2) is 0 Å².